The van der Waals surface area contributed by atoms with E-state index in [1.54, 1.807) is 18.0 Å². The number of carbonyl (C=O) groups excluding carboxylic acids is 1. The second-order valence-corrected chi connectivity index (χ2v) is 3.47. The molecule has 0 saturated heterocycles. The molecule has 0 radical (unpaired) electrons. The first-order valence-corrected chi connectivity index (χ1v) is 4.90. The minimum absolute atomic E-state index is 0.0501. The van der Waals surface area contributed by atoms with E-state index in [1.165, 1.54) is 12.4 Å². The third-order valence-electron chi connectivity index (χ3n) is 2.40. The van der Waals surface area contributed by atoms with Crippen LogP contribution in [0.3, 0.4) is 0 Å². The van der Waals surface area contributed by atoms with Gasteiger partial charge in [-0.2, -0.15) is 10.2 Å². The Kier molecular flexibility index (Phi) is 4.17. The van der Waals surface area contributed by atoms with E-state index >= 15 is 0 Å². The fraction of sp³-hybridized carbons (Fsp3) is 0.500. The number of amides is 1. The van der Waals surface area contributed by atoms with Crippen molar-refractivity contribution < 1.29 is 4.79 Å². The average Bonchev–Trinajstić information content (AvgIpc) is 2.28. The monoisotopic (exact) mass is 208 g/mol. The number of hydrogen-bond acceptors (Lipinski definition) is 4. The molecule has 0 aliphatic carbocycles. The molecule has 0 aliphatic heterocycles. The molecule has 0 bridgehead atoms. The van der Waals surface area contributed by atoms with E-state index in [-0.39, 0.29) is 11.9 Å². The van der Waals surface area contributed by atoms with Crippen molar-refractivity contribution in [3.8, 4) is 0 Å². The standard InChI is InChI=1S/C10H16N4O/c1-8(3-5-11)14(2)10(15)9-4-6-12-13-7-9/h4,6-8H,3,5,11H2,1-2H3. The van der Waals surface area contributed by atoms with Crippen LogP contribution in [0.15, 0.2) is 18.5 Å². The van der Waals surface area contributed by atoms with Crippen molar-refractivity contribution in [1.82, 2.24) is 15.1 Å². The van der Waals surface area contributed by atoms with Crippen LogP contribution in [0.2, 0.25) is 0 Å². The molecule has 5 heteroatoms. The van der Waals surface area contributed by atoms with Crippen LogP contribution in [-0.2, 0) is 0 Å². The van der Waals surface area contributed by atoms with Gasteiger partial charge in [-0.3, -0.25) is 4.79 Å². The fourth-order valence-electron chi connectivity index (χ4n) is 1.26. The molecule has 15 heavy (non-hydrogen) atoms. The maximum atomic E-state index is 11.9. The third-order valence-corrected chi connectivity index (χ3v) is 2.40. The van der Waals surface area contributed by atoms with Crippen molar-refractivity contribution in [3.05, 3.63) is 24.0 Å². The summed E-state index contributed by atoms with van der Waals surface area (Å²) in [4.78, 5) is 13.5. The van der Waals surface area contributed by atoms with E-state index in [0.717, 1.165) is 6.42 Å². The molecule has 1 amide bonds. The van der Waals surface area contributed by atoms with Gasteiger partial charge in [0.15, 0.2) is 0 Å². The molecule has 1 unspecified atom stereocenters. The molecule has 1 atom stereocenters. The summed E-state index contributed by atoms with van der Waals surface area (Å²) < 4.78 is 0. The zero-order valence-electron chi connectivity index (χ0n) is 9.05. The molecule has 0 saturated carbocycles. The van der Waals surface area contributed by atoms with Gasteiger partial charge >= 0.3 is 0 Å². The SMILES string of the molecule is CC(CCN)N(C)C(=O)c1ccnnc1. The summed E-state index contributed by atoms with van der Waals surface area (Å²) in [7, 11) is 1.77. The fourth-order valence-corrected chi connectivity index (χ4v) is 1.26. The molecule has 1 rings (SSSR count). The van der Waals surface area contributed by atoms with Gasteiger partial charge in [0.1, 0.15) is 0 Å². The Morgan fingerprint density at radius 2 is 2.33 bits per heavy atom. The minimum atomic E-state index is -0.0501. The van der Waals surface area contributed by atoms with Crippen LogP contribution in [0, 0.1) is 0 Å². The minimum Gasteiger partial charge on any atom is -0.339 e. The summed E-state index contributed by atoms with van der Waals surface area (Å²) in [5, 5.41) is 7.30. The Morgan fingerprint density at radius 3 is 2.87 bits per heavy atom. The van der Waals surface area contributed by atoms with E-state index in [2.05, 4.69) is 10.2 Å². The summed E-state index contributed by atoms with van der Waals surface area (Å²) in [6.45, 7) is 2.55. The molecule has 0 spiro atoms. The van der Waals surface area contributed by atoms with E-state index in [4.69, 9.17) is 5.73 Å². The lowest BCUT2D eigenvalue weighted by Gasteiger charge is -2.24. The predicted molar refractivity (Wildman–Crippen MR) is 57.3 cm³/mol. The molecular weight excluding hydrogens is 192 g/mol. The number of nitrogens with two attached hydrogens (primary N) is 1. The van der Waals surface area contributed by atoms with Crippen LogP contribution in [0.4, 0.5) is 0 Å². The van der Waals surface area contributed by atoms with Gasteiger partial charge in [0, 0.05) is 13.1 Å². The summed E-state index contributed by atoms with van der Waals surface area (Å²) in [5.74, 6) is -0.0501. The number of carbonyl (C=O) groups is 1. The highest BCUT2D eigenvalue weighted by molar-refractivity contribution is 5.93. The van der Waals surface area contributed by atoms with Crippen LogP contribution >= 0.6 is 0 Å². The molecule has 2 N–H and O–H groups in total. The van der Waals surface area contributed by atoms with Gasteiger partial charge in [0.2, 0.25) is 0 Å². The molecule has 0 aliphatic rings. The highest BCUT2D eigenvalue weighted by Crippen LogP contribution is 2.06. The molecule has 0 fully saturated rings. The van der Waals surface area contributed by atoms with Crippen LogP contribution in [0.1, 0.15) is 23.7 Å². The van der Waals surface area contributed by atoms with Crippen molar-refractivity contribution in [1.29, 1.82) is 0 Å². The zero-order chi connectivity index (χ0) is 11.3. The lowest BCUT2D eigenvalue weighted by molar-refractivity contribution is 0.0738. The van der Waals surface area contributed by atoms with E-state index < -0.39 is 0 Å². The highest BCUT2D eigenvalue weighted by atomic mass is 16.2. The van der Waals surface area contributed by atoms with Gasteiger partial charge < -0.3 is 10.6 Å². The lowest BCUT2D eigenvalue weighted by Crippen LogP contribution is -2.36. The Bertz CT molecular complexity index is 314. The maximum absolute atomic E-state index is 11.9. The predicted octanol–water partition coefficient (Wildman–Crippen LogP) is 0.286. The second kappa shape index (κ2) is 5.41. The van der Waals surface area contributed by atoms with Gasteiger partial charge in [-0.25, -0.2) is 0 Å². The van der Waals surface area contributed by atoms with Gasteiger partial charge in [-0.15, -0.1) is 0 Å². The Labute approximate surface area is 89.3 Å². The van der Waals surface area contributed by atoms with E-state index in [1.807, 2.05) is 6.92 Å². The normalized spacial score (nSPS) is 12.2. The molecular formula is C10H16N4O. The average molecular weight is 208 g/mol. The zero-order valence-corrected chi connectivity index (χ0v) is 9.05. The number of hydrogen-bond donors (Lipinski definition) is 1. The first-order valence-electron chi connectivity index (χ1n) is 4.90. The van der Waals surface area contributed by atoms with E-state index in [9.17, 15) is 4.79 Å². The van der Waals surface area contributed by atoms with Crippen LogP contribution in [-0.4, -0.2) is 40.6 Å². The van der Waals surface area contributed by atoms with Gasteiger partial charge in [-0.1, -0.05) is 0 Å². The largest absolute Gasteiger partial charge is 0.339 e. The number of nitrogens with zero attached hydrogens (tertiary/aromatic N) is 3. The summed E-state index contributed by atoms with van der Waals surface area (Å²) in [6.07, 6.45) is 3.77. The van der Waals surface area contributed by atoms with Gasteiger partial charge in [-0.05, 0) is 26.0 Å². The van der Waals surface area contributed by atoms with Crippen molar-refractivity contribution in [2.45, 2.75) is 19.4 Å². The van der Waals surface area contributed by atoms with E-state index in [0.29, 0.717) is 12.1 Å². The maximum Gasteiger partial charge on any atom is 0.255 e. The third kappa shape index (κ3) is 2.99. The molecule has 1 aromatic rings. The molecule has 0 aromatic carbocycles. The Balaban J connectivity index is 2.69. The van der Waals surface area contributed by atoms with Crippen LogP contribution in [0.25, 0.3) is 0 Å². The Hall–Kier alpha value is -1.49. The smallest absolute Gasteiger partial charge is 0.255 e. The first-order chi connectivity index (χ1) is 7.16. The summed E-state index contributed by atoms with van der Waals surface area (Å²) in [5.41, 5.74) is 6.00. The van der Waals surface area contributed by atoms with Crippen LogP contribution < -0.4 is 5.73 Å². The lowest BCUT2D eigenvalue weighted by atomic mass is 10.2. The van der Waals surface area contributed by atoms with Gasteiger partial charge in [0.05, 0.1) is 18.0 Å². The molecule has 1 heterocycles. The first kappa shape index (κ1) is 11.6. The topological polar surface area (TPSA) is 72.1 Å². The van der Waals surface area contributed by atoms with Crippen LogP contribution in [0.5, 0.6) is 0 Å². The summed E-state index contributed by atoms with van der Waals surface area (Å²) >= 11 is 0. The highest BCUT2D eigenvalue weighted by Gasteiger charge is 2.16. The van der Waals surface area contributed by atoms with Crippen molar-refractivity contribution >= 4 is 5.91 Å². The van der Waals surface area contributed by atoms with Crippen molar-refractivity contribution in [2.75, 3.05) is 13.6 Å². The summed E-state index contributed by atoms with van der Waals surface area (Å²) in [6, 6.07) is 1.79. The van der Waals surface area contributed by atoms with Crippen molar-refractivity contribution in [2.24, 2.45) is 5.73 Å². The molecule has 5 nitrogen and oxygen atoms in total. The van der Waals surface area contributed by atoms with Gasteiger partial charge in [0.25, 0.3) is 5.91 Å². The number of aromatic nitrogens is 2. The van der Waals surface area contributed by atoms with Crippen molar-refractivity contribution in [3.63, 3.8) is 0 Å². The second-order valence-electron chi connectivity index (χ2n) is 3.47. The Morgan fingerprint density at radius 1 is 1.60 bits per heavy atom. The quantitative estimate of drug-likeness (QED) is 0.771. The molecule has 82 valence electrons. The number of rotatable bonds is 4. The molecule has 1 aromatic heterocycles.